The summed E-state index contributed by atoms with van der Waals surface area (Å²) in [6.07, 6.45) is 0.394. The molecule has 1 aliphatic rings. The molecule has 2 rings (SSSR count). The molecule has 0 spiro atoms. The van der Waals surface area contributed by atoms with Crippen LogP contribution < -0.4 is 5.32 Å². The van der Waals surface area contributed by atoms with Crippen molar-refractivity contribution in [3.05, 3.63) is 35.1 Å². The number of benzene rings is 1. The zero-order valence-electron chi connectivity index (χ0n) is 11.1. The van der Waals surface area contributed by atoms with Crippen molar-refractivity contribution in [2.45, 2.75) is 25.3 Å². The van der Waals surface area contributed by atoms with E-state index >= 15 is 0 Å². The van der Waals surface area contributed by atoms with Crippen molar-refractivity contribution >= 4 is 11.9 Å². The minimum absolute atomic E-state index is 0.150. The van der Waals surface area contributed by atoms with E-state index in [4.69, 9.17) is 4.74 Å². The van der Waals surface area contributed by atoms with E-state index in [2.05, 4.69) is 5.32 Å². The molecule has 5 nitrogen and oxygen atoms in total. The van der Waals surface area contributed by atoms with Crippen molar-refractivity contribution in [3.8, 4) is 0 Å². The highest BCUT2D eigenvalue weighted by atomic mass is 19.1. The molecule has 1 saturated heterocycles. The normalized spacial score (nSPS) is 17.5. The maximum Gasteiger partial charge on any atom is 0.329 e. The standard InChI is InChI=1S/C14H16FNO4/c1-9-2-3-10(15)8-11(9)12(17)16-14(13(18)19)4-6-20-7-5-14/h2-3,8H,4-7H2,1H3,(H,16,17)(H,18,19). The van der Waals surface area contributed by atoms with Gasteiger partial charge in [0.05, 0.1) is 0 Å². The van der Waals surface area contributed by atoms with Crippen LogP contribution >= 0.6 is 0 Å². The van der Waals surface area contributed by atoms with Gasteiger partial charge in [0.15, 0.2) is 0 Å². The van der Waals surface area contributed by atoms with E-state index in [1.807, 2.05) is 0 Å². The fraction of sp³-hybridized carbons (Fsp3) is 0.429. The smallest absolute Gasteiger partial charge is 0.329 e. The van der Waals surface area contributed by atoms with Gasteiger partial charge in [-0.15, -0.1) is 0 Å². The number of rotatable bonds is 3. The van der Waals surface area contributed by atoms with Crippen molar-refractivity contribution in [1.29, 1.82) is 0 Å². The van der Waals surface area contributed by atoms with Gasteiger partial charge >= 0.3 is 5.97 Å². The Labute approximate surface area is 115 Å². The molecule has 0 aliphatic carbocycles. The fourth-order valence-electron chi connectivity index (χ4n) is 2.24. The molecule has 108 valence electrons. The number of nitrogens with one attached hydrogen (secondary N) is 1. The number of carboxylic acid groups (broad SMARTS) is 1. The Balaban J connectivity index is 2.24. The molecule has 1 amide bonds. The summed E-state index contributed by atoms with van der Waals surface area (Å²) in [5.41, 5.74) is -0.595. The van der Waals surface area contributed by atoms with Gasteiger partial charge in [0.25, 0.3) is 5.91 Å². The summed E-state index contributed by atoms with van der Waals surface area (Å²) in [7, 11) is 0. The number of ether oxygens (including phenoxy) is 1. The highest BCUT2D eigenvalue weighted by Crippen LogP contribution is 2.22. The number of hydrogen-bond donors (Lipinski definition) is 2. The second-order valence-electron chi connectivity index (χ2n) is 4.91. The van der Waals surface area contributed by atoms with E-state index in [9.17, 15) is 19.1 Å². The monoisotopic (exact) mass is 281 g/mol. The topological polar surface area (TPSA) is 75.6 Å². The molecule has 2 N–H and O–H groups in total. The van der Waals surface area contributed by atoms with Gasteiger partial charge in [0.2, 0.25) is 0 Å². The third kappa shape index (κ3) is 2.80. The molecule has 1 aromatic rings. The minimum atomic E-state index is -1.34. The van der Waals surface area contributed by atoms with Crippen LogP contribution in [-0.4, -0.2) is 35.7 Å². The van der Waals surface area contributed by atoms with Crippen molar-refractivity contribution in [2.24, 2.45) is 0 Å². The Kier molecular flexibility index (Phi) is 4.04. The van der Waals surface area contributed by atoms with Gasteiger partial charge in [0, 0.05) is 31.6 Å². The number of halogens is 1. The van der Waals surface area contributed by atoms with E-state index in [1.54, 1.807) is 6.92 Å². The molecule has 20 heavy (non-hydrogen) atoms. The summed E-state index contributed by atoms with van der Waals surface area (Å²) in [4.78, 5) is 23.7. The molecule has 1 fully saturated rings. The van der Waals surface area contributed by atoms with Gasteiger partial charge in [0.1, 0.15) is 11.4 Å². The third-order valence-corrected chi connectivity index (χ3v) is 3.55. The molecule has 1 aliphatic heterocycles. The number of amides is 1. The van der Waals surface area contributed by atoms with Crippen LogP contribution in [0.5, 0.6) is 0 Å². The Hall–Kier alpha value is -1.95. The van der Waals surface area contributed by atoms with E-state index in [0.29, 0.717) is 5.56 Å². The minimum Gasteiger partial charge on any atom is -0.480 e. The largest absolute Gasteiger partial charge is 0.480 e. The second kappa shape index (κ2) is 5.58. The molecule has 0 bridgehead atoms. The van der Waals surface area contributed by atoms with Gasteiger partial charge in [-0.1, -0.05) is 6.07 Å². The highest BCUT2D eigenvalue weighted by Gasteiger charge is 2.41. The van der Waals surface area contributed by atoms with Crippen LogP contribution in [0.4, 0.5) is 4.39 Å². The molecule has 0 radical (unpaired) electrons. The molecular formula is C14H16FNO4. The first-order valence-corrected chi connectivity index (χ1v) is 6.34. The zero-order valence-corrected chi connectivity index (χ0v) is 11.1. The first kappa shape index (κ1) is 14.5. The van der Waals surface area contributed by atoms with Gasteiger partial charge in [-0.25, -0.2) is 9.18 Å². The summed E-state index contributed by atoms with van der Waals surface area (Å²) in [6.45, 7) is 2.22. The van der Waals surface area contributed by atoms with Crippen LogP contribution in [0.15, 0.2) is 18.2 Å². The molecule has 0 unspecified atom stereocenters. The van der Waals surface area contributed by atoms with E-state index in [0.717, 1.165) is 6.07 Å². The number of hydrogen-bond acceptors (Lipinski definition) is 3. The van der Waals surface area contributed by atoms with Crippen molar-refractivity contribution in [3.63, 3.8) is 0 Å². The summed E-state index contributed by atoms with van der Waals surface area (Å²) in [6, 6.07) is 3.86. The predicted octanol–water partition coefficient (Wildman–Crippen LogP) is 1.50. The summed E-state index contributed by atoms with van der Waals surface area (Å²) < 4.78 is 18.4. The molecule has 1 heterocycles. The molecule has 0 aromatic heterocycles. The Bertz CT molecular complexity index is 538. The summed E-state index contributed by atoms with van der Waals surface area (Å²) in [5, 5.41) is 11.9. The van der Waals surface area contributed by atoms with Crippen molar-refractivity contribution < 1.29 is 23.8 Å². The lowest BCUT2D eigenvalue weighted by Crippen LogP contribution is -2.57. The molecule has 6 heteroatoms. The Morgan fingerprint density at radius 2 is 2.00 bits per heavy atom. The summed E-state index contributed by atoms with van der Waals surface area (Å²) >= 11 is 0. The van der Waals surface area contributed by atoms with Crippen LogP contribution in [0, 0.1) is 12.7 Å². The van der Waals surface area contributed by atoms with Crippen LogP contribution in [0.2, 0.25) is 0 Å². The molecule has 0 saturated carbocycles. The lowest BCUT2D eigenvalue weighted by atomic mass is 9.89. The third-order valence-electron chi connectivity index (χ3n) is 3.55. The van der Waals surface area contributed by atoms with Gasteiger partial charge < -0.3 is 15.2 Å². The van der Waals surface area contributed by atoms with E-state index < -0.39 is 23.2 Å². The SMILES string of the molecule is Cc1ccc(F)cc1C(=O)NC1(C(=O)O)CCOCC1. The average molecular weight is 281 g/mol. The lowest BCUT2D eigenvalue weighted by Gasteiger charge is -2.34. The van der Waals surface area contributed by atoms with E-state index in [1.165, 1.54) is 12.1 Å². The Morgan fingerprint density at radius 1 is 1.35 bits per heavy atom. The average Bonchev–Trinajstić information content (AvgIpc) is 2.42. The number of carboxylic acids is 1. The predicted molar refractivity (Wildman–Crippen MR) is 69.0 cm³/mol. The van der Waals surface area contributed by atoms with Crippen molar-refractivity contribution in [1.82, 2.24) is 5.32 Å². The van der Waals surface area contributed by atoms with E-state index in [-0.39, 0.29) is 31.6 Å². The maximum atomic E-state index is 13.2. The number of aryl methyl sites for hydroxylation is 1. The first-order valence-electron chi connectivity index (χ1n) is 6.34. The number of carbonyl (C=O) groups is 2. The van der Waals surface area contributed by atoms with Gasteiger partial charge in [-0.2, -0.15) is 0 Å². The first-order chi connectivity index (χ1) is 9.44. The van der Waals surface area contributed by atoms with Crippen LogP contribution in [0.25, 0.3) is 0 Å². The van der Waals surface area contributed by atoms with Crippen LogP contribution in [0.1, 0.15) is 28.8 Å². The molecule has 0 atom stereocenters. The van der Waals surface area contributed by atoms with Crippen LogP contribution in [-0.2, 0) is 9.53 Å². The maximum absolute atomic E-state index is 13.2. The fourth-order valence-corrected chi connectivity index (χ4v) is 2.24. The number of carbonyl (C=O) groups excluding carboxylic acids is 1. The van der Waals surface area contributed by atoms with Crippen molar-refractivity contribution in [2.75, 3.05) is 13.2 Å². The molecular weight excluding hydrogens is 265 g/mol. The number of aliphatic carboxylic acids is 1. The quantitative estimate of drug-likeness (QED) is 0.880. The van der Waals surface area contributed by atoms with Gasteiger partial charge in [-0.3, -0.25) is 4.79 Å². The zero-order chi connectivity index (χ0) is 14.8. The Morgan fingerprint density at radius 3 is 2.60 bits per heavy atom. The van der Waals surface area contributed by atoms with Crippen LogP contribution in [0.3, 0.4) is 0 Å². The second-order valence-corrected chi connectivity index (χ2v) is 4.91. The lowest BCUT2D eigenvalue weighted by molar-refractivity contribution is -0.148. The van der Waals surface area contributed by atoms with Gasteiger partial charge in [-0.05, 0) is 24.6 Å². The molecule has 1 aromatic carbocycles. The summed E-state index contributed by atoms with van der Waals surface area (Å²) in [5.74, 6) is -2.20. The highest BCUT2D eigenvalue weighted by molar-refractivity contribution is 5.99.